The van der Waals surface area contributed by atoms with Crippen LogP contribution in [0.2, 0.25) is 5.02 Å². The van der Waals surface area contributed by atoms with E-state index in [9.17, 15) is 20.1 Å². The van der Waals surface area contributed by atoms with Gasteiger partial charge in [-0.15, -0.1) is 5.10 Å². The number of carbonyl (C=O) groups is 2. The largest absolute Gasteiger partial charge is 0.481 e. The summed E-state index contributed by atoms with van der Waals surface area (Å²) in [5.74, 6) is 0.171. The number of piperidine rings is 1. The minimum Gasteiger partial charge on any atom is -0.481 e. The molecule has 3 heterocycles. The minimum absolute atomic E-state index is 0. The van der Waals surface area contributed by atoms with E-state index in [2.05, 4.69) is 61.7 Å². The number of amides is 1. The van der Waals surface area contributed by atoms with Gasteiger partial charge in [-0.3, -0.25) is 4.79 Å². The van der Waals surface area contributed by atoms with E-state index in [1.54, 1.807) is 18.2 Å². The Morgan fingerprint density at radius 1 is 1.13 bits per heavy atom. The molecule has 7 N–H and O–H groups in total. The van der Waals surface area contributed by atoms with E-state index in [1.165, 1.54) is 36.4 Å². The Hall–Kier alpha value is -5.15. The second-order valence-electron chi connectivity index (χ2n) is 11.2. The van der Waals surface area contributed by atoms with Gasteiger partial charge in [0.1, 0.15) is 11.8 Å². The van der Waals surface area contributed by atoms with Crippen LogP contribution >= 0.6 is 27.4 Å². The van der Waals surface area contributed by atoms with Crippen LogP contribution in [0, 0.1) is 22.7 Å². The molecule has 4 aromatic rings. The number of nitrogens with one attached hydrogen (secondary N) is 2. The third-order valence-electron chi connectivity index (χ3n) is 7.23. The predicted octanol–water partition coefficient (Wildman–Crippen LogP) is 5.67. The molecular weight excluding hydrogens is 734 g/mol. The topological polar surface area (TPSA) is 257 Å². The average molecular weight is 773 g/mol. The molecule has 0 atom stereocenters. The highest BCUT2D eigenvalue weighted by Gasteiger charge is 2.25. The molecule has 0 unspecified atom stereocenters. The maximum absolute atomic E-state index is 10.4. The summed E-state index contributed by atoms with van der Waals surface area (Å²) in [5, 5.41) is 38.9. The smallest absolute Gasteiger partial charge is 0.404 e. The summed E-state index contributed by atoms with van der Waals surface area (Å²) < 4.78 is 10.1. The lowest BCUT2D eigenvalue weighted by Crippen LogP contribution is -2.29. The molecule has 276 valence electrons. The summed E-state index contributed by atoms with van der Waals surface area (Å²) >= 11 is 6.75. The molecule has 1 amide bonds. The van der Waals surface area contributed by atoms with E-state index in [4.69, 9.17) is 31.0 Å². The zero-order chi connectivity index (χ0) is 37.1. The van der Waals surface area contributed by atoms with Crippen LogP contribution in [0.4, 0.5) is 27.9 Å². The number of halogens is 1. The Kier molecular flexibility index (Phi) is 15.0. The summed E-state index contributed by atoms with van der Waals surface area (Å²) in [7, 11) is 0.365. The Balaban J connectivity index is 0.000000291. The fourth-order valence-electron chi connectivity index (χ4n) is 4.77. The van der Waals surface area contributed by atoms with Crippen molar-refractivity contribution in [2.24, 2.45) is 5.73 Å². The van der Waals surface area contributed by atoms with Gasteiger partial charge in [0, 0.05) is 19.1 Å². The molecule has 2 fully saturated rings. The number of aliphatic carboxylic acids is 1. The molecule has 2 aromatic carbocycles. The summed E-state index contributed by atoms with van der Waals surface area (Å²) in [4.78, 5) is 48.7. The van der Waals surface area contributed by atoms with Crippen LogP contribution in [0.1, 0.15) is 56.4 Å². The van der Waals surface area contributed by atoms with E-state index in [-0.39, 0.29) is 25.5 Å². The van der Waals surface area contributed by atoms with Gasteiger partial charge in [-0.2, -0.15) is 20.0 Å². The van der Waals surface area contributed by atoms with Crippen LogP contribution in [-0.4, -0.2) is 72.8 Å². The van der Waals surface area contributed by atoms with Crippen molar-refractivity contribution in [3.05, 3.63) is 64.4 Å². The number of methoxy groups -OCH3 is 1. The molecule has 52 heavy (non-hydrogen) atoms. The number of hydrogen-bond donors (Lipinski definition) is 6. The first-order valence-corrected chi connectivity index (χ1v) is 18.7. The molecule has 1 aliphatic carbocycles. The Morgan fingerprint density at radius 2 is 1.79 bits per heavy atom. The zero-order valence-corrected chi connectivity index (χ0v) is 29.9. The van der Waals surface area contributed by atoms with Crippen molar-refractivity contribution in [1.82, 2.24) is 19.6 Å². The Morgan fingerprint density at radius 3 is 2.33 bits per heavy atom. The third kappa shape index (κ3) is 12.3. The van der Waals surface area contributed by atoms with Gasteiger partial charge in [0.15, 0.2) is 17.2 Å². The number of ether oxygens (including phenoxy) is 1. The first-order chi connectivity index (χ1) is 24.3. The number of fused-ring (bicyclic) bond motifs is 1. The van der Waals surface area contributed by atoms with Gasteiger partial charge >= 0.3 is 19.3 Å². The number of nitrogens with zero attached hydrogens (tertiary/aromatic N) is 7. The highest BCUT2D eigenvalue weighted by Crippen LogP contribution is 2.43. The lowest BCUT2D eigenvalue weighted by atomic mass is 10.1. The number of primary amides is 1. The summed E-state index contributed by atoms with van der Waals surface area (Å²) in [6.45, 7) is 1.82. The second-order valence-corrected chi connectivity index (χ2v) is 14.6. The number of nitriles is 2. The summed E-state index contributed by atoms with van der Waals surface area (Å²) in [5.41, 5.74) is 7.75. The molecule has 1 saturated heterocycles. The molecule has 6 rings (SSSR count). The average Bonchev–Trinajstić information content (AvgIpc) is 3.82. The minimum atomic E-state index is -3.49. The molecule has 0 spiro atoms. The number of nitrogens with two attached hydrogens (primary N) is 1. The lowest BCUT2D eigenvalue weighted by Gasteiger charge is -2.30. The summed E-state index contributed by atoms with van der Waals surface area (Å²) in [6.07, 6.45) is 6.20. The third-order valence-corrected chi connectivity index (χ3v) is 8.37. The van der Waals surface area contributed by atoms with Crippen LogP contribution in [0.15, 0.2) is 42.6 Å². The van der Waals surface area contributed by atoms with E-state index in [0.717, 1.165) is 44.5 Å². The van der Waals surface area contributed by atoms with Crippen LogP contribution < -0.4 is 25.8 Å². The van der Waals surface area contributed by atoms with Crippen molar-refractivity contribution in [3.63, 3.8) is 0 Å². The molecule has 2 aromatic heterocycles. The maximum atomic E-state index is 10.4. The van der Waals surface area contributed by atoms with Gasteiger partial charge in [0.2, 0.25) is 5.95 Å². The predicted molar refractivity (Wildman–Crippen MR) is 199 cm³/mol. The first-order valence-electron chi connectivity index (χ1n) is 15.4. The SMILES string of the molecule is C.COC(N)=O.N#Cc1cc(Nc2nc(NC3CC3)c3ncc(C#N)n3n2)c(Cl)c(N2CCCCC2)c1.O=C(O)Cc1ccc(OP(O)(O)=P)cc1. The van der Waals surface area contributed by atoms with E-state index in [1.807, 2.05) is 6.07 Å². The quantitative estimate of drug-likeness (QED) is 0.112. The molecule has 2 aliphatic rings. The van der Waals surface area contributed by atoms with Crippen molar-refractivity contribution in [2.75, 3.05) is 35.7 Å². The number of carboxylic acids is 1. The van der Waals surface area contributed by atoms with Crippen molar-refractivity contribution in [2.45, 2.75) is 52.0 Å². The normalized spacial score (nSPS) is 13.4. The van der Waals surface area contributed by atoms with Crippen molar-refractivity contribution in [3.8, 4) is 17.9 Å². The van der Waals surface area contributed by atoms with Crippen LogP contribution in [-0.2, 0) is 16.0 Å². The van der Waals surface area contributed by atoms with Gasteiger partial charge < -0.3 is 45.4 Å². The van der Waals surface area contributed by atoms with Gasteiger partial charge in [0.05, 0.1) is 47.8 Å². The second kappa shape index (κ2) is 18.9. The van der Waals surface area contributed by atoms with Crippen LogP contribution in [0.5, 0.6) is 5.75 Å². The molecule has 20 heteroatoms. The highest BCUT2D eigenvalue weighted by atomic mass is 35.5. The number of aromatic nitrogens is 4. The first kappa shape index (κ1) is 41.3. The molecular formula is C32H39ClN10O7P2. The zero-order valence-electron chi connectivity index (χ0n) is 27.3. The van der Waals surface area contributed by atoms with Gasteiger partial charge in [0.25, 0.3) is 0 Å². The number of benzene rings is 2. The number of rotatable bonds is 9. The lowest BCUT2D eigenvalue weighted by molar-refractivity contribution is -0.136. The fourth-order valence-corrected chi connectivity index (χ4v) is 5.78. The van der Waals surface area contributed by atoms with Gasteiger partial charge in [-0.05, 0) is 70.5 Å². The van der Waals surface area contributed by atoms with Gasteiger partial charge in [-0.25, -0.2) is 9.78 Å². The number of anilines is 4. The fraction of sp³-hybridized carbons (Fsp3) is 0.344. The van der Waals surface area contributed by atoms with Gasteiger partial charge in [-0.1, -0.05) is 31.2 Å². The van der Waals surface area contributed by atoms with Crippen molar-refractivity contribution in [1.29, 1.82) is 10.5 Å². The highest BCUT2D eigenvalue weighted by molar-refractivity contribution is 7.88. The number of carbonyl (C=O) groups excluding carboxylic acids is 1. The number of carboxylic acid groups (broad SMARTS) is 1. The monoisotopic (exact) mass is 772 g/mol. The Labute approximate surface area is 307 Å². The van der Waals surface area contributed by atoms with Crippen LogP contribution in [0.25, 0.3) is 5.65 Å². The maximum Gasteiger partial charge on any atom is 0.404 e. The van der Waals surface area contributed by atoms with E-state index in [0.29, 0.717) is 45.0 Å². The molecule has 0 radical (unpaired) electrons. The standard InChI is InChI=1S/C21H20ClN9.C8H10O5P2.C2H5NO2.CH4/c22-18-16(8-13(10-23)9-17(18)30-6-2-1-3-7-30)27-21-28-19(26-14-4-5-14)20-25-12-15(11-24)31(20)29-21;9-8(10)5-6-1-3-7(4-2-6)13-15(11,12)14;1-5-2(3)4;/h8-9,12,14H,1-7H2,(H2,26,27,28,29);1-4,11-12,14H,5H2,(H,9,10);1H3,(H2,3,4);1H4. The van der Waals surface area contributed by atoms with Crippen LogP contribution in [0.3, 0.4) is 0 Å². The molecule has 1 aliphatic heterocycles. The number of imidazole rings is 1. The Bertz CT molecular complexity index is 2000. The van der Waals surface area contributed by atoms with E-state index >= 15 is 0 Å². The van der Waals surface area contributed by atoms with Crippen molar-refractivity contribution >= 4 is 68.2 Å². The van der Waals surface area contributed by atoms with E-state index < -0.39 is 19.3 Å². The number of hydrogen-bond acceptors (Lipinski definition) is 12. The molecule has 1 saturated carbocycles. The molecule has 17 nitrogen and oxygen atoms in total. The van der Waals surface area contributed by atoms with Crippen molar-refractivity contribution < 1.29 is 33.7 Å². The summed E-state index contributed by atoms with van der Waals surface area (Å²) in [6, 6.07) is 14.2. The molecule has 0 bridgehead atoms.